The molecule has 2 aromatic rings. The molecule has 2 aromatic carbocycles. The van der Waals surface area contributed by atoms with Crippen molar-refractivity contribution < 1.29 is 19.0 Å². The van der Waals surface area contributed by atoms with E-state index in [1.165, 1.54) is 0 Å². The van der Waals surface area contributed by atoms with E-state index in [-0.39, 0.29) is 12.4 Å². The summed E-state index contributed by atoms with van der Waals surface area (Å²) in [6.45, 7) is 0. The van der Waals surface area contributed by atoms with E-state index in [9.17, 15) is 4.79 Å². The molecule has 0 saturated carbocycles. The number of esters is 1. The van der Waals surface area contributed by atoms with Gasteiger partial charge in [-0.1, -0.05) is 24.3 Å². The molecule has 0 fully saturated rings. The van der Waals surface area contributed by atoms with E-state index in [0.29, 0.717) is 17.2 Å². The summed E-state index contributed by atoms with van der Waals surface area (Å²) in [7, 11) is 3.13. The van der Waals surface area contributed by atoms with E-state index in [1.54, 1.807) is 38.5 Å². The van der Waals surface area contributed by atoms with Gasteiger partial charge in [-0.15, -0.1) is 0 Å². The second-order valence-electron chi connectivity index (χ2n) is 4.15. The van der Waals surface area contributed by atoms with Gasteiger partial charge in [0.25, 0.3) is 0 Å². The molecule has 0 N–H and O–H groups in total. The van der Waals surface area contributed by atoms with Gasteiger partial charge in [0.05, 0.1) is 20.6 Å². The van der Waals surface area contributed by atoms with Crippen molar-refractivity contribution in [1.82, 2.24) is 0 Å². The van der Waals surface area contributed by atoms with Crippen molar-refractivity contribution in [2.24, 2.45) is 0 Å². The van der Waals surface area contributed by atoms with Gasteiger partial charge >= 0.3 is 5.97 Å². The van der Waals surface area contributed by atoms with Crippen LogP contribution >= 0.6 is 0 Å². The van der Waals surface area contributed by atoms with Crippen molar-refractivity contribution in [3.05, 3.63) is 54.1 Å². The Bertz CT molecular complexity index is 578. The molecule has 20 heavy (non-hydrogen) atoms. The van der Waals surface area contributed by atoms with Crippen LogP contribution in [-0.2, 0) is 11.2 Å². The lowest BCUT2D eigenvalue weighted by molar-refractivity contribution is -0.133. The van der Waals surface area contributed by atoms with Crippen LogP contribution in [0.25, 0.3) is 0 Å². The Morgan fingerprint density at radius 2 is 1.65 bits per heavy atom. The Morgan fingerprint density at radius 1 is 0.950 bits per heavy atom. The lowest BCUT2D eigenvalue weighted by Gasteiger charge is -2.09. The van der Waals surface area contributed by atoms with Gasteiger partial charge in [-0.3, -0.25) is 4.79 Å². The van der Waals surface area contributed by atoms with Crippen LogP contribution in [0, 0.1) is 0 Å². The molecule has 0 aromatic heterocycles. The predicted octanol–water partition coefficient (Wildman–Crippen LogP) is 2.85. The molecular weight excluding hydrogens is 256 g/mol. The summed E-state index contributed by atoms with van der Waals surface area (Å²) < 4.78 is 15.6. The smallest absolute Gasteiger partial charge is 0.315 e. The van der Waals surface area contributed by atoms with Crippen LogP contribution in [0.2, 0.25) is 0 Å². The summed E-state index contributed by atoms with van der Waals surface area (Å²) in [5.41, 5.74) is 0.809. The second-order valence-corrected chi connectivity index (χ2v) is 4.15. The number of rotatable bonds is 5. The minimum Gasteiger partial charge on any atom is -0.493 e. The molecule has 0 bridgehead atoms. The van der Waals surface area contributed by atoms with E-state index in [2.05, 4.69) is 0 Å². The fourth-order valence-electron chi connectivity index (χ4n) is 1.81. The minimum atomic E-state index is -0.316. The number of ether oxygens (including phenoxy) is 3. The van der Waals surface area contributed by atoms with Gasteiger partial charge in [-0.25, -0.2) is 0 Å². The molecule has 0 spiro atoms. The van der Waals surface area contributed by atoms with Gasteiger partial charge in [-0.05, 0) is 29.8 Å². The molecule has 0 aliphatic carbocycles. The third-order valence-corrected chi connectivity index (χ3v) is 2.77. The summed E-state index contributed by atoms with van der Waals surface area (Å²) in [5.74, 6) is 1.45. The minimum absolute atomic E-state index is 0.176. The van der Waals surface area contributed by atoms with E-state index < -0.39 is 0 Å². The Labute approximate surface area is 117 Å². The number of para-hydroxylation sites is 1. The zero-order valence-corrected chi connectivity index (χ0v) is 11.5. The van der Waals surface area contributed by atoms with Crippen LogP contribution in [0.15, 0.2) is 48.5 Å². The number of carbonyl (C=O) groups excluding carboxylic acids is 1. The zero-order chi connectivity index (χ0) is 14.4. The van der Waals surface area contributed by atoms with Crippen LogP contribution in [0.4, 0.5) is 0 Å². The number of benzene rings is 2. The zero-order valence-electron chi connectivity index (χ0n) is 11.5. The van der Waals surface area contributed by atoms with Crippen LogP contribution in [0.5, 0.6) is 17.2 Å². The molecule has 0 atom stereocenters. The highest BCUT2D eigenvalue weighted by atomic mass is 16.5. The predicted molar refractivity (Wildman–Crippen MR) is 75.3 cm³/mol. The van der Waals surface area contributed by atoms with Crippen LogP contribution in [-0.4, -0.2) is 20.2 Å². The molecule has 0 aliphatic heterocycles. The van der Waals surface area contributed by atoms with E-state index in [4.69, 9.17) is 14.2 Å². The average molecular weight is 272 g/mol. The highest BCUT2D eigenvalue weighted by Gasteiger charge is 2.10. The Morgan fingerprint density at radius 3 is 2.30 bits per heavy atom. The molecule has 0 saturated heterocycles. The average Bonchev–Trinajstić information content (AvgIpc) is 2.48. The first-order valence-corrected chi connectivity index (χ1v) is 6.19. The third kappa shape index (κ3) is 3.51. The van der Waals surface area contributed by atoms with E-state index in [0.717, 1.165) is 5.56 Å². The maximum absolute atomic E-state index is 11.8. The fourth-order valence-corrected chi connectivity index (χ4v) is 1.81. The normalized spacial score (nSPS) is 9.90. The first kappa shape index (κ1) is 13.9. The molecule has 2 rings (SSSR count). The summed E-state index contributed by atoms with van der Waals surface area (Å²) in [6, 6.07) is 14.3. The molecule has 0 heterocycles. The Balaban J connectivity index is 2.04. The van der Waals surface area contributed by atoms with Crippen molar-refractivity contribution in [2.75, 3.05) is 14.2 Å². The fraction of sp³-hybridized carbons (Fsp3) is 0.188. The topological polar surface area (TPSA) is 44.8 Å². The van der Waals surface area contributed by atoms with Crippen molar-refractivity contribution in [1.29, 1.82) is 0 Å². The third-order valence-electron chi connectivity index (χ3n) is 2.77. The Kier molecular flexibility index (Phi) is 4.60. The molecule has 0 unspecified atom stereocenters. The Hall–Kier alpha value is -2.49. The van der Waals surface area contributed by atoms with Crippen molar-refractivity contribution in [3.8, 4) is 17.2 Å². The van der Waals surface area contributed by atoms with Gasteiger partial charge in [0.1, 0.15) is 5.75 Å². The molecular formula is C16H16O4. The van der Waals surface area contributed by atoms with E-state index in [1.807, 2.05) is 24.3 Å². The SMILES string of the molecule is COc1ccc(CC(=O)Oc2ccccc2)cc1OC. The summed E-state index contributed by atoms with van der Waals surface area (Å²) in [6.07, 6.45) is 0.176. The van der Waals surface area contributed by atoms with Crippen LogP contribution in [0.1, 0.15) is 5.56 Å². The highest BCUT2D eigenvalue weighted by Crippen LogP contribution is 2.27. The van der Waals surface area contributed by atoms with Crippen molar-refractivity contribution >= 4 is 5.97 Å². The van der Waals surface area contributed by atoms with Crippen molar-refractivity contribution in [3.63, 3.8) is 0 Å². The van der Waals surface area contributed by atoms with Gasteiger partial charge in [0, 0.05) is 0 Å². The van der Waals surface area contributed by atoms with Gasteiger partial charge in [0.15, 0.2) is 11.5 Å². The highest BCUT2D eigenvalue weighted by molar-refractivity contribution is 5.75. The lowest BCUT2D eigenvalue weighted by atomic mass is 10.1. The van der Waals surface area contributed by atoms with Gasteiger partial charge < -0.3 is 14.2 Å². The number of hydrogen-bond acceptors (Lipinski definition) is 4. The lowest BCUT2D eigenvalue weighted by Crippen LogP contribution is -2.11. The number of methoxy groups -OCH3 is 2. The molecule has 4 heteroatoms. The molecule has 104 valence electrons. The quantitative estimate of drug-likeness (QED) is 0.620. The monoisotopic (exact) mass is 272 g/mol. The first-order valence-electron chi connectivity index (χ1n) is 6.19. The molecule has 0 amide bonds. The number of hydrogen-bond donors (Lipinski definition) is 0. The molecule has 0 radical (unpaired) electrons. The maximum Gasteiger partial charge on any atom is 0.315 e. The molecule has 0 aliphatic rings. The number of carbonyl (C=O) groups is 1. The summed E-state index contributed by atoms with van der Waals surface area (Å²) in [5, 5.41) is 0. The van der Waals surface area contributed by atoms with Crippen LogP contribution in [0.3, 0.4) is 0 Å². The first-order chi connectivity index (χ1) is 9.72. The second kappa shape index (κ2) is 6.61. The maximum atomic E-state index is 11.8. The van der Waals surface area contributed by atoms with Crippen molar-refractivity contribution in [2.45, 2.75) is 6.42 Å². The summed E-state index contributed by atoms with van der Waals surface area (Å²) >= 11 is 0. The van der Waals surface area contributed by atoms with Gasteiger partial charge in [-0.2, -0.15) is 0 Å². The van der Waals surface area contributed by atoms with Gasteiger partial charge in [0.2, 0.25) is 0 Å². The van der Waals surface area contributed by atoms with E-state index >= 15 is 0 Å². The largest absolute Gasteiger partial charge is 0.493 e. The standard InChI is InChI=1S/C16H16O4/c1-18-14-9-8-12(10-15(14)19-2)11-16(17)20-13-6-4-3-5-7-13/h3-10H,11H2,1-2H3. The molecule has 4 nitrogen and oxygen atoms in total. The summed E-state index contributed by atoms with van der Waals surface area (Å²) in [4.78, 5) is 11.8. The van der Waals surface area contributed by atoms with Crippen LogP contribution < -0.4 is 14.2 Å².